The van der Waals surface area contributed by atoms with Gasteiger partial charge in [0.05, 0.1) is 22.7 Å². The minimum Gasteiger partial charge on any atom is -0.310 e. The first-order chi connectivity index (χ1) is 27.7. The molecular formula is C55H55N3. The zero-order valence-corrected chi connectivity index (χ0v) is 35.5. The summed E-state index contributed by atoms with van der Waals surface area (Å²) in [6.45, 7) is 20.7. The summed E-state index contributed by atoms with van der Waals surface area (Å²) >= 11 is 0. The summed E-state index contributed by atoms with van der Waals surface area (Å²) in [6.07, 6.45) is 0. The Morgan fingerprint density at radius 2 is 0.828 bits per heavy atom. The molecule has 0 saturated carbocycles. The van der Waals surface area contributed by atoms with Crippen LogP contribution in [0.3, 0.4) is 0 Å². The van der Waals surface area contributed by atoms with Gasteiger partial charge in [-0.25, -0.2) is 0 Å². The average Bonchev–Trinajstić information content (AvgIpc) is 3.20. The Morgan fingerprint density at radius 1 is 0.362 bits per heavy atom. The van der Waals surface area contributed by atoms with Crippen molar-refractivity contribution in [2.24, 2.45) is 0 Å². The third-order valence-electron chi connectivity index (χ3n) is 12.1. The fraction of sp³-hybridized carbons (Fsp3) is 0.236. The topological polar surface area (TPSA) is 9.72 Å². The van der Waals surface area contributed by atoms with Crippen molar-refractivity contribution in [3.63, 3.8) is 0 Å². The van der Waals surface area contributed by atoms with Crippen LogP contribution in [0.25, 0.3) is 0 Å². The number of nitrogens with zero attached hydrogens (tertiary/aromatic N) is 3. The van der Waals surface area contributed by atoms with Crippen LogP contribution in [0.1, 0.15) is 102 Å². The van der Waals surface area contributed by atoms with Crippen molar-refractivity contribution in [1.82, 2.24) is 0 Å². The minimum atomic E-state index is -0.0118. The lowest BCUT2D eigenvalue weighted by molar-refractivity contribution is 0.589. The Morgan fingerprint density at radius 3 is 1.31 bits per heavy atom. The van der Waals surface area contributed by atoms with Gasteiger partial charge in [0.25, 0.3) is 0 Å². The van der Waals surface area contributed by atoms with Gasteiger partial charge in [-0.05, 0) is 123 Å². The maximum Gasteiger partial charge on any atom is 0.0524 e. The quantitative estimate of drug-likeness (QED) is 0.173. The summed E-state index contributed by atoms with van der Waals surface area (Å²) in [4.78, 5) is 7.41. The summed E-state index contributed by atoms with van der Waals surface area (Å²) in [5, 5.41) is 0. The average molecular weight is 758 g/mol. The first-order valence-electron chi connectivity index (χ1n) is 20.8. The second kappa shape index (κ2) is 13.8. The van der Waals surface area contributed by atoms with Gasteiger partial charge in [0.2, 0.25) is 0 Å². The highest BCUT2D eigenvalue weighted by Gasteiger charge is 2.41. The van der Waals surface area contributed by atoms with E-state index < -0.39 is 0 Å². The smallest absolute Gasteiger partial charge is 0.0524 e. The van der Waals surface area contributed by atoms with Crippen molar-refractivity contribution in [3.05, 3.63) is 197 Å². The number of hydrogen-bond acceptors (Lipinski definition) is 3. The normalized spacial score (nSPS) is 14.7. The summed E-state index contributed by atoms with van der Waals surface area (Å²) in [6, 6.07) is 61.3. The molecule has 0 spiro atoms. The lowest BCUT2D eigenvalue weighted by atomic mass is 9.74. The van der Waals surface area contributed by atoms with E-state index in [1.54, 1.807) is 0 Å². The molecule has 0 aliphatic carbocycles. The van der Waals surface area contributed by atoms with E-state index in [9.17, 15) is 0 Å². The molecule has 0 amide bonds. The Hall–Kier alpha value is -6.06. The van der Waals surface area contributed by atoms with E-state index in [1.807, 2.05) is 0 Å². The predicted octanol–water partition coefficient (Wildman–Crippen LogP) is 15.8. The van der Waals surface area contributed by atoms with Crippen molar-refractivity contribution in [2.45, 2.75) is 84.5 Å². The lowest BCUT2D eigenvalue weighted by Crippen LogP contribution is -2.30. The molecule has 3 heteroatoms. The van der Waals surface area contributed by atoms with Crippen LogP contribution >= 0.6 is 0 Å². The van der Waals surface area contributed by atoms with Crippen LogP contribution in [0.2, 0.25) is 0 Å². The number of fused-ring (bicyclic) bond motifs is 4. The summed E-state index contributed by atoms with van der Waals surface area (Å²) in [5.41, 5.74) is 18.6. The molecule has 2 aliphatic heterocycles. The van der Waals surface area contributed by atoms with E-state index in [-0.39, 0.29) is 22.2 Å². The van der Waals surface area contributed by atoms with Crippen LogP contribution in [0, 0.1) is 0 Å². The molecular weight excluding hydrogens is 703 g/mol. The van der Waals surface area contributed by atoms with Crippen LogP contribution in [0.4, 0.5) is 51.2 Å². The molecule has 7 aromatic rings. The van der Waals surface area contributed by atoms with Gasteiger partial charge >= 0.3 is 0 Å². The highest BCUT2D eigenvalue weighted by atomic mass is 15.2. The minimum absolute atomic E-state index is 0.0118. The summed E-state index contributed by atoms with van der Waals surface area (Å²) in [5.74, 6) is 0.0321. The van der Waals surface area contributed by atoms with Crippen molar-refractivity contribution in [1.29, 1.82) is 0 Å². The van der Waals surface area contributed by atoms with Crippen molar-refractivity contribution < 1.29 is 0 Å². The van der Waals surface area contributed by atoms with Gasteiger partial charge in [-0.15, -0.1) is 0 Å². The molecule has 7 aromatic carbocycles. The molecule has 0 fully saturated rings. The van der Waals surface area contributed by atoms with Crippen molar-refractivity contribution in [2.75, 3.05) is 14.7 Å². The van der Waals surface area contributed by atoms with Gasteiger partial charge in [-0.1, -0.05) is 147 Å². The van der Waals surface area contributed by atoms with Crippen LogP contribution < -0.4 is 14.7 Å². The van der Waals surface area contributed by atoms with Gasteiger partial charge in [-0.2, -0.15) is 0 Å². The van der Waals surface area contributed by atoms with Crippen molar-refractivity contribution >= 4 is 51.2 Å². The predicted molar refractivity (Wildman–Crippen MR) is 248 cm³/mol. The summed E-state index contributed by atoms with van der Waals surface area (Å²) in [7, 11) is 0. The maximum absolute atomic E-state index is 2.52. The van der Waals surface area contributed by atoms with Gasteiger partial charge in [0, 0.05) is 39.9 Å². The molecule has 9 rings (SSSR count). The van der Waals surface area contributed by atoms with Crippen molar-refractivity contribution in [3.8, 4) is 0 Å². The zero-order chi connectivity index (χ0) is 40.6. The molecule has 2 aliphatic rings. The number of benzene rings is 7. The first-order valence-corrected chi connectivity index (χ1v) is 20.8. The van der Waals surface area contributed by atoms with Crippen LogP contribution in [-0.2, 0) is 16.2 Å². The molecule has 0 radical (unpaired) electrons. The number of hydrogen-bond donors (Lipinski definition) is 0. The molecule has 0 bridgehead atoms. The Kier molecular flexibility index (Phi) is 8.93. The van der Waals surface area contributed by atoms with E-state index >= 15 is 0 Å². The van der Waals surface area contributed by atoms with Crippen LogP contribution in [-0.4, -0.2) is 0 Å². The molecule has 3 nitrogen and oxygen atoms in total. The second-order valence-electron chi connectivity index (χ2n) is 19.2. The number of para-hydroxylation sites is 2. The molecule has 1 atom stereocenters. The SMILES string of the molecule is CC(C)(C)c1ccc(N2c3ccc(C(C)(C)C)cc3C3c4ccc(N(c5ccccc5)c5ccccc5)cc4N(c4ccc(C(C)(C)C)cc4)c4cccc2c43)cc1. The van der Waals surface area contributed by atoms with Gasteiger partial charge in [-0.3, -0.25) is 0 Å². The summed E-state index contributed by atoms with van der Waals surface area (Å²) < 4.78 is 0. The zero-order valence-electron chi connectivity index (χ0n) is 35.5. The van der Waals surface area contributed by atoms with Gasteiger partial charge in [0.15, 0.2) is 0 Å². The molecule has 2 heterocycles. The highest BCUT2D eigenvalue weighted by molar-refractivity contribution is 5.97. The third kappa shape index (κ3) is 6.47. The molecule has 0 aromatic heterocycles. The van der Waals surface area contributed by atoms with E-state index in [4.69, 9.17) is 0 Å². The largest absolute Gasteiger partial charge is 0.310 e. The molecule has 0 N–H and O–H groups in total. The fourth-order valence-corrected chi connectivity index (χ4v) is 8.91. The fourth-order valence-electron chi connectivity index (χ4n) is 8.91. The molecule has 58 heavy (non-hydrogen) atoms. The van der Waals surface area contributed by atoms with Gasteiger partial charge in [0.1, 0.15) is 0 Å². The van der Waals surface area contributed by atoms with Gasteiger partial charge < -0.3 is 14.7 Å². The highest BCUT2D eigenvalue weighted by Crippen LogP contribution is 2.61. The lowest BCUT2D eigenvalue weighted by Gasteiger charge is -2.45. The second-order valence-corrected chi connectivity index (χ2v) is 19.2. The van der Waals surface area contributed by atoms with Crippen LogP contribution in [0.5, 0.6) is 0 Å². The Balaban J connectivity index is 1.32. The van der Waals surface area contributed by atoms with E-state index in [0.717, 1.165) is 22.7 Å². The standard InChI is InChI=1S/C55H55N3/c1-53(2,3)37-23-28-42(29-24-37)57-47-34-27-39(55(7,8)9)35-46(47)51-45-33-32-44(56(40-17-12-10-13-18-40)41-19-14-11-15-20-41)36-50(45)58(49-22-16-21-48(57)52(49)51)43-30-25-38(26-31-43)54(4,5)6/h10-36,51H,1-9H3. The molecule has 0 saturated heterocycles. The first kappa shape index (κ1) is 37.5. The maximum atomic E-state index is 2.52. The third-order valence-corrected chi connectivity index (χ3v) is 12.1. The monoisotopic (exact) mass is 757 g/mol. The molecule has 1 unspecified atom stereocenters. The number of rotatable bonds is 5. The molecule has 290 valence electrons. The van der Waals surface area contributed by atoms with Crippen LogP contribution in [0.15, 0.2) is 164 Å². The van der Waals surface area contributed by atoms with E-state index in [1.165, 1.54) is 61.8 Å². The van der Waals surface area contributed by atoms with E-state index in [0.29, 0.717) is 0 Å². The Bertz CT molecular complexity index is 2560. The number of anilines is 9. The van der Waals surface area contributed by atoms with E-state index in [2.05, 4.69) is 241 Å². The Labute approximate surface area is 346 Å².